The maximum atomic E-state index is 4.91. The maximum Gasteiger partial charge on any atom is 0.292 e. The van der Waals surface area contributed by atoms with Crippen LogP contribution in [0.1, 0.15) is 5.56 Å². The standard InChI is InChI=1S/C7H8O2/c1-3-8-7-6(2)4-5-9-7/h3-5H,1H2,2H3. The van der Waals surface area contributed by atoms with Gasteiger partial charge in [-0.3, -0.25) is 0 Å². The van der Waals surface area contributed by atoms with Crippen LogP contribution < -0.4 is 4.74 Å². The molecule has 1 rings (SSSR count). The summed E-state index contributed by atoms with van der Waals surface area (Å²) in [5.41, 5.74) is 0.981. The van der Waals surface area contributed by atoms with E-state index < -0.39 is 0 Å². The van der Waals surface area contributed by atoms with Crippen LogP contribution in [0.5, 0.6) is 5.95 Å². The third kappa shape index (κ3) is 1.13. The predicted octanol–water partition coefficient (Wildman–Crippen LogP) is 2.11. The van der Waals surface area contributed by atoms with E-state index in [1.54, 1.807) is 6.26 Å². The van der Waals surface area contributed by atoms with Crippen molar-refractivity contribution in [2.45, 2.75) is 6.92 Å². The second-order valence-electron chi connectivity index (χ2n) is 1.68. The molecule has 0 aromatic carbocycles. The molecule has 0 radical (unpaired) electrons. The first-order valence-corrected chi connectivity index (χ1v) is 2.66. The normalized spacial score (nSPS) is 9.00. The highest BCUT2D eigenvalue weighted by atomic mass is 16.6. The highest BCUT2D eigenvalue weighted by Gasteiger charge is 1.97. The fourth-order valence-electron chi connectivity index (χ4n) is 0.555. The molecule has 0 spiro atoms. The zero-order valence-electron chi connectivity index (χ0n) is 5.26. The molecule has 0 saturated heterocycles. The smallest absolute Gasteiger partial charge is 0.292 e. The van der Waals surface area contributed by atoms with Crippen molar-refractivity contribution < 1.29 is 9.15 Å². The Morgan fingerprint density at radius 3 is 3.00 bits per heavy atom. The molecule has 0 bridgehead atoms. The van der Waals surface area contributed by atoms with E-state index in [1.807, 2.05) is 13.0 Å². The Morgan fingerprint density at radius 2 is 2.56 bits per heavy atom. The van der Waals surface area contributed by atoms with E-state index >= 15 is 0 Å². The van der Waals surface area contributed by atoms with Gasteiger partial charge in [0.25, 0.3) is 5.95 Å². The lowest BCUT2D eigenvalue weighted by Crippen LogP contribution is -1.77. The van der Waals surface area contributed by atoms with Gasteiger partial charge in [-0.2, -0.15) is 0 Å². The molecular formula is C7H8O2. The Kier molecular flexibility index (Phi) is 1.58. The molecule has 0 aliphatic heterocycles. The SMILES string of the molecule is C=COc1occc1C. The Morgan fingerprint density at radius 1 is 1.78 bits per heavy atom. The minimum Gasteiger partial charge on any atom is -0.434 e. The van der Waals surface area contributed by atoms with Crippen molar-refractivity contribution in [3.05, 3.63) is 30.7 Å². The monoisotopic (exact) mass is 124 g/mol. The summed E-state index contributed by atoms with van der Waals surface area (Å²) < 4.78 is 9.79. The van der Waals surface area contributed by atoms with Crippen molar-refractivity contribution in [3.8, 4) is 5.95 Å². The van der Waals surface area contributed by atoms with Crippen LogP contribution in [-0.4, -0.2) is 0 Å². The molecule has 0 N–H and O–H groups in total. The van der Waals surface area contributed by atoms with Gasteiger partial charge in [0, 0.05) is 5.56 Å². The molecule has 0 amide bonds. The summed E-state index contributed by atoms with van der Waals surface area (Å²) in [6.07, 6.45) is 2.92. The van der Waals surface area contributed by atoms with Gasteiger partial charge in [0.15, 0.2) is 0 Å². The largest absolute Gasteiger partial charge is 0.434 e. The van der Waals surface area contributed by atoms with E-state index in [2.05, 4.69) is 6.58 Å². The summed E-state index contributed by atoms with van der Waals surface area (Å²) in [7, 11) is 0. The summed E-state index contributed by atoms with van der Waals surface area (Å²) in [4.78, 5) is 0. The molecule has 1 aromatic rings. The zero-order valence-corrected chi connectivity index (χ0v) is 5.26. The van der Waals surface area contributed by atoms with Gasteiger partial charge in [0.05, 0.1) is 12.5 Å². The lowest BCUT2D eigenvalue weighted by Gasteiger charge is -1.92. The third-order valence-electron chi connectivity index (χ3n) is 1.01. The summed E-state index contributed by atoms with van der Waals surface area (Å²) in [6, 6.07) is 1.83. The number of furan rings is 1. The maximum absolute atomic E-state index is 4.91. The highest BCUT2D eigenvalue weighted by Crippen LogP contribution is 2.17. The second kappa shape index (κ2) is 2.40. The summed E-state index contributed by atoms with van der Waals surface area (Å²) in [6.45, 7) is 5.30. The van der Waals surface area contributed by atoms with Gasteiger partial charge in [0.1, 0.15) is 0 Å². The predicted molar refractivity (Wildman–Crippen MR) is 34.3 cm³/mol. The average Bonchev–Trinajstić information content (AvgIpc) is 2.18. The lowest BCUT2D eigenvalue weighted by atomic mass is 10.4. The molecule has 0 aliphatic carbocycles. The zero-order chi connectivity index (χ0) is 6.69. The average molecular weight is 124 g/mol. The number of aryl methyl sites for hydroxylation is 1. The topological polar surface area (TPSA) is 22.4 Å². The Hall–Kier alpha value is -1.18. The summed E-state index contributed by atoms with van der Waals surface area (Å²) in [5.74, 6) is 0.519. The molecule has 0 saturated carbocycles. The second-order valence-corrected chi connectivity index (χ2v) is 1.68. The minimum absolute atomic E-state index is 0.519. The van der Waals surface area contributed by atoms with Crippen LogP contribution in [0.15, 0.2) is 29.6 Å². The molecule has 48 valence electrons. The molecule has 1 heterocycles. The van der Waals surface area contributed by atoms with Crippen LogP contribution in [0.2, 0.25) is 0 Å². The summed E-state index contributed by atoms with van der Waals surface area (Å²) in [5, 5.41) is 0. The Balaban J connectivity index is 2.80. The van der Waals surface area contributed by atoms with E-state index in [9.17, 15) is 0 Å². The molecule has 2 heteroatoms. The molecule has 2 nitrogen and oxygen atoms in total. The van der Waals surface area contributed by atoms with E-state index in [4.69, 9.17) is 9.15 Å². The quantitative estimate of drug-likeness (QED) is 0.563. The highest BCUT2D eigenvalue weighted by molar-refractivity contribution is 5.20. The third-order valence-corrected chi connectivity index (χ3v) is 1.01. The number of ether oxygens (including phenoxy) is 1. The first-order chi connectivity index (χ1) is 4.34. The first-order valence-electron chi connectivity index (χ1n) is 2.66. The molecule has 9 heavy (non-hydrogen) atoms. The van der Waals surface area contributed by atoms with E-state index in [0.717, 1.165) is 5.56 Å². The van der Waals surface area contributed by atoms with Crippen LogP contribution in [0.3, 0.4) is 0 Å². The van der Waals surface area contributed by atoms with Crippen molar-refractivity contribution in [2.24, 2.45) is 0 Å². The van der Waals surface area contributed by atoms with Crippen molar-refractivity contribution >= 4 is 0 Å². The van der Waals surface area contributed by atoms with Crippen LogP contribution in [0.4, 0.5) is 0 Å². The Labute approximate surface area is 53.7 Å². The first kappa shape index (κ1) is 5.95. The van der Waals surface area contributed by atoms with Gasteiger partial charge in [-0.1, -0.05) is 6.58 Å². The molecule has 0 aliphatic rings. The van der Waals surface area contributed by atoms with Gasteiger partial charge >= 0.3 is 0 Å². The van der Waals surface area contributed by atoms with E-state index in [0.29, 0.717) is 5.95 Å². The van der Waals surface area contributed by atoms with Crippen LogP contribution >= 0.6 is 0 Å². The number of hydrogen-bond acceptors (Lipinski definition) is 2. The fraction of sp³-hybridized carbons (Fsp3) is 0.143. The summed E-state index contributed by atoms with van der Waals surface area (Å²) >= 11 is 0. The molecule has 1 aromatic heterocycles. The van der Waals surface area contributed by atoms with Gasteiger partial charge in [0.2, 0.25) is 0 Å². The molecular weight excluding hydrogens is 116 g/mol. The molecule has 0 atom stereocenters. The van der Waals surface area contributed by atoms with Gasteiger partial charge in [-0.05, 0) is 13.0 Å². The van der Waals surface area contributed by atoms with Crippen LogP contribution in [0, 0.1) is 6.92 Å². The van der Waals surface area contributed by atoms with E-state index in [-0.39, 0.29) is 0 Å². The Bertz CT molecular complexity index is 200. The van der Waals surface area contributed by atoms with Gasteiger partial charge < -0.3 is 9.15 Å². The van der Waals surface area contributed by atoms with Crippen molar-refractivity contribution in [1.82, 2.24) is 0 Å². The fourth-order valence-corrected chi connectivity index (χ4v) is 0.555. The number of hydrogen-bond donors (Lipinski definition) is 0. The van der Waals surface area contributed by atoms with Crippen molar-refractivity contribution in [1.29, 1.82) is 0 Å². The van der Waals surface area contributed by atoms with Gasteiger partial charge in [-0.15, -0.1) is 0 Å². The van der Waals surface area contributed by atoms with Crippen molar-refractivity contribution in [2.75, 3.05) is 0 Å². The van der Waals surface area contributed by atoms with Crippen LogP contribution in [-0.2, 0) is 0 Å². The minimum atomic E-state index is 0.519. The number of rotatable bonds is 2. The van der Waals surface area contributed by atoms with E-state index in [1.165, 1.54) is 6.26 Å². The van der Waals surface area contributed by atoms with Gasteiger partial charge in [-0.25, -0.2) is 0 Å². The molecule has 0 fully saturated rings. The van der Waals surface area contributed by atoms with Crippen molar-refractivity contribution in [3.63, 3.8) is 0 Å². The van der Waals surface area contributed by atoms with Crippen LogP contribution in [0.25, 0.3) is 0 Å². The molecule has 0 unspecified atom stereocenters. The lowest BCUT2D eigenvalue weighted by molar-refractivity contribution is 0.343.